The Balaban J connectivity index is 1.57. The van der Waals surface area contributed by atoms with Crippen LogP contribution in [0.1, 0.15) is 17.0 Å². The fourth-order valence-corrected chi connectivity index (χ4v) is 3.97. The summed E-state index contributed by atoms with van der Waals surface area (Å²) >= 11 is 0. The van der Waals surface area contributed by atoms with E-state index in [0.717, 1.165) is 43.4 Å². The minimum atomic E-state index is 0.821. The van der Waals surface area contributed by atoms with Crippen molar-refractivity contribution in [2.75, 3.05) is 22.9 Å². The molecule has 0 bridgehead atoms. The van der Waals surface area contributed by atoms with E-state index in [-0.39, 0.29) is 0 Å². The Kier molecular flexibility index (Phi) is 3.23. The molecule has 0 fully saturated rings. The Morgan fingerprint density at radius 3 is 1.72 bits per heavy atom. The first-order chi connectivity index (χ1) is 12.3. The van der Waals surface area contributed by atoms with Gasteiger partial charge in [0.2, 0.25) is 0 Å². The molecule has 0 atom stereocenters. The number of nitrogens with zero attached hydrogens (tertiary/aromatic N) is 4. The summed E-state index contributed by atoms with van der Waals surface area (Å²) in [6.07, 6.45) is 2.14. The minimum Gasteiger partial charge on any atom is -0.326 e. The SMILES string of the molecule is Cc1nc(N2CCc3ccccc32)cc(N2CCc3ccccc32)n1. The van der Waals surface area contributed by atoms with E-state index in [4.69, 9.17) is 9.97 Å². The largest absolute Gasteiger partial charge is 0.326 e. The first kappa shape index (κ1) is 14.5. The van der Waals surface area contributed by atoms with Crippen LogP contribution in [0, 0.1) is 6.92 Å². The summed E-state index contributed by atoms with van der Waals surface area (Å²) in [5.41, 5.74) is 5.33. The summed E-state index contributed by atoms with van der Waals surface area (Å²) in [5.74, 6) is 2.81. The molecule has 124 valence electrons. The van der Waals surface area contributed by atoms with E-state index >= 15 is 0 Å². The lowest BCUT2D eigenvalue weighted by molar-refractivity contribution is 0.916. The van der Waals surface area contributed by atoms with E-state index in [1.165, 1.54) is 22.5 Å². The third kappa shape index (κ3) is 2.37. The molecule has 5 rings (SSSR count). The Morgan fingerprint density at radius 1 is 0.720 bits per heavy atom. The molecular formula is C21H20N4. The third-order valence-electron chi connectivity index (χ3n) is 5.14. The summed E-state index contributed by atoms with van der Waals surface area (Å²) in [6, 6.07) is 19.3. The molecule has 0 saturated carbocycles. The Bertz CT molecular complexity index is 876. The van der Waals surface area contributed by atoms with Gasteiger partial charge < -0.3 is 9.80 Å². The van der Waals surface area contributed by atoms with Crippen LogP contribution in [0.5, 0.6) is 0 Å². The highest BCUT2D eigenvalue weighted by molar-refractivity contribution is 5.73. The lowest BCUT2D eigenvalue weighted by Gasteiger charge is -2.23. The summed E-state index contributed by atoms with van der Waals surface area (Å²) in [7, 11) is 0. The second kappa shape index (κ2) is 5.59. The molecule has 4 nitrogen and oxygen atoms in total. The van der Waals surface area contributed by atoms with Crippen molar-refractivity contribution in [3.63, 3.8) is 0 Å². The number of anilines is 4. The van der Waals surface area contributed by atoms with Crippen LogP contribution in [0.15, 0.2) is 54.6 Å². The number of aryl methyl sites for hydroxylation is 1. The minimum absolute atomic E-state index is 0.821. The predicted molar refractivity (Wildman–Crippen MR) is 101 cm³/mol. The lowest BCUT2D eigenvalue weighted by atomic mass is 10.2. The van der Waals surface area contributed by atoms with E-state index < -0.39 is 0 Å². The molecule has 3 aromatic rings. The van der Waals surface area contributed by atoms with Gasteiger partial charge in [0.15, 0.2) is 0 Å². The Labute approximate surface area is 147 Å². The van der Waals surface area contributed by atoms with Crippen LogP contribution in [0.3, 0.4) is 0 Å². The van der Waals surface area contributed by atoms with Crippen LogP contribution < -0.4 is 9.80 Å². The molecule has 2 aromatic carbocycles. The van der Waals surface area contributed by atoms with Crippen LogP contribution in [-0.4, -0.2) is 23.1 Å². The van der Waals surface area contributed by atoms with Crippen LogP contribution in [0.25, 0.3) is 0 Å². The maximum absolute atomic E-state index is 4.73. The predicted octanol–water partition coefficient (Wildman–Crippen LogP) is 4.17. The molecule has 0 unspecified atom stereocenters. The number of para-hydroxylation sites is 2. The first-order valence-electron chi connectivity index (χ1n) is 8.86. The molecule has 0 spiro atoms. The molecule has 0 aliphatic carbocycles. The average molecular weight is 328 g/mol. The number of benzene rings is 2. The van der Waals surface area contributed by atoms with E-state index in [0.29, 0.717) is 0 Å². The number of hydrogen-bond acceptors (Lipinski definition) is 4. The second-order valence-corrected chi connectivity index (χ2v) is 6.69. The fraction of sp³-hybridized carbons (Fsp3) is 0.238. The van der Waals surface area contributed by atoms with Crippen molar-refractivity contribution in [1.29, 1.82) is 0 Å². The smallest absolute Gasteiger partial charge is 0.138 e. The third-order valence-corrected chi connectivity index (χ3v) is 5.14. The molecular weight excluding hydrogens is 308 g/mol. The van der Waals surface area contributed by atoms with E-state index in [2.05, 4.69) is 64.4 Å². The van der Waals surface area contributed by atoms with Crippen LogP contribution in [0.2, 0.25) is 0 Å². The molecule has 4 heteroatoms. The van der Waals surface area contributed by atoms with Crippen LogP contribution in [-0.2, 0) is 12.8 Å². The van der Waals surface area contributed by atoms with Crippen molar-refractivity contribution in [2.45, 2.75) is 19.8 Å². The molecule has 0 N–H and O–H groups in total. The fourth-order valence-electron chi connectivity index (χ4n) is 3.97. The molecule has 0 radical (unpaired) electrons. The number of hydrogen-bond donors (Lipinski definition) is 0. The van der Waals surface area contributed by atoms with E-state index in [9.17, 15) is 0 Å². The molecule has 2 aliphatic heterocycles. The molecule has 0 amide bonds. The van der Waals surface area contributed by atoms with Gasteiger partial charge in [-0.15, -0.1) is 0 Å². The highest BCUT2D eigenvalue weighted by Gasteiger charge is 2.25. The van der Waals surface area contributed by atoms with Crippen molar-refractivity contribution in [3.05, 3.63) is 71.5 Å². The summed E-state index contributed by atoms with van der Waals surface area (Å²) in [4.78, 5) is 14.1. The van der Waals surface area contributed by atoms with Crippen molar-refractivity contribution < 1.29 is 0 Å². The number of fused-ring (bicyclic) bond motifs is 2. The average Bonchev–Trinajstić information content (AvgIpc) is 3.25. The standard InChI is InChI=1S/C21H20N4/c1-15-22-20(24-12-10-16-6-2-4-8-18(16)24)14-21(23-15)25-13-11-17-7-3-5-9-19(17)25/h2-9,14H,10-13H2,1H3. The summed E-state index contributed by atoms with van der Waals surface area (Å²) in [5, 5.41) is 0. The van der Waals surface area contributed by atoms with Crippen molar-refractivity contribution in [2.24, 2.45) is 0 Å². The monoisotopic (exact) mass is 328 g/mol. The van der Waals surface area contributed by atoms with Gasteiger partial charge in [-0.1, -0.05) is 36.4 Å². The zero-order valence-electron chi connectivity index (χ0n) is 14.3. The Hall–Kier alpha value is -2.88. The maximum atomic E-state index is 4.73. The van der Waals surface area contributed by atoms with Gasteiger partial charge in [-0.25, -0.2) is 9.97 Å². The highest BCUT2D eigenvalue weighted by atomic mass is 15.3. The molecule has 1 aromatic heterocycles. The molecule has 2 aliphatic rings. The van der Waals surface area contributed by atoms with Gasteiger partial charge >= 0.3 is 0 Å². The summed E-state index contributed by atoms with van der Waals surface area (Å²) in [6.45, 7) is 3.94. The zero-order chi connectivity index (χ0) is 16.8. The van der Waals surface area contributed by atoms with E-state index in [1.807, 2.05) is 6.92 Å². The van der Waals surface area contributed by atoms with Gasteiger partial charge in [0.05, 0.1) is 0 Å². The topological polar surface area (TPSA) is 32.3 Å². The van der Waals surface area contributed by atoms with Gasteiger partial charge in [-0.3, -0.25) is 0 Å². The Morgan fingerprint density at radius 2 is 1.20 bits per heavy atom. The normalized spacial score (nSPS) is 15.4. The van der Waals surface area contributed by atoms with Gasteiger partial charge in [0.25, 0.3) is 0 Å². The molecule has 25 heavy (non-hydrogen) atoms. The summed E-state index contributed by atoms with van der Waals surface area (Å²) < 4.78 is 0. The molecule has 3 heterocycles. The van der Waals surface area contributed by atoms with Crippen molar-refractivity contribution in [3.8, 4) is 0 Å². The maximum Gasteiger partial charge on any atom is 0.138 e. The zero-order valence-corrected chi connectivity index (χ0v) is 14.3. The first-order valence-corrected chi connectivity index (χ1v) is 8.86. The van der Waals surface area contributed by atoms with Gasteiger partial charge in [-0.05, 0) is 43.0 Å². The van der Waals surface area contributed by atoms with Crippen LogP contribution in [0.4, 0.5) is 23.0 Å². The lowest BCUT2D eigenvalue weighted by Crippen LogP contribution is -2.19. The highest BCUT2D eigenvalue weighted by Crippen LogP contribution is 2.37. The van der Waals surface area contributed by atoms with Gasteiger partial charge in [0.1, 0.15) is 17.5 Å². The van der Waals surface area contributed by atoms with Crippen molar-refractivity contribution >= 4 is 23.0 Å². The quantitative estimate of drug-likeness (QED) is 0.706. The van der Waals surface area contributed by atoms with Crippen LogP contribution >= 0.6 is 0 Å². The number of aromatic nitrogens is 2. The van der Waals surface area contributed by atoms with Crippen molar-refractivity contribution in [1.82, 2.24) is 9.97 Å². The number of rotatable bonds is 2. The van der Waals surface area contributed by atoms with E-state index in [1.54, 1.807) is 0 Å². The molecule has 0 saturated heterocycles. The second-order valence-electron chi connectivity index (χ2n) is 6.69. The van der Waals surface area contributed by atoms with Gasteiger partial charge in [-0.2, -0.15) is 0 Å². The van der Waals surface area contributed by atoms with Gasteiger partial charge in [0, 0.05) is 30.5 Å².